The van der Waals surface area contributed by atoms with Crippen molar-refractivity contribution in [3.63, 3.8) is 0 Å². The summed E-state index contributed by atoms with van der Waals surface area (Å²) in [7, 11) is 1.31. The number of alkyl halides is 3. The van der Waals surface area contributed by atoms with E-state index in [1.54, 1.807) is 12.1 Å². The highest BCUT2D eigenvalue weighted by molar-refractivity contribution is 5.74. The van der Waals surface area contributed by atoms with Crippen LogP contribution in [0.25, 0.3) is 0 Å². The summed E-state index contributed by atoms with van der Waals surface area (Å²) in [6.45, 7) is 0.231. The molecule has 1 fully saturated rings. The molecule has 162 valence electrons. The third kappa shape index (κ3) is 4.80. The van der Waals surface area contributed by atoms with Crippen LogP contribution in [0, 0.1) is 17.6 Å². The second kappa shape index (κ2) is 9.12. The van der Waals surface area contributed by atoms with Crippen LogP contribution in [0.1, 0.15) is 35.4 Å². The molecule has 0 heterocycles. The molecule has 2 aromatic carbocycles. The van der Waals surface area contributed by atoms with Crippen molar-refractivity contribution in [3.8, 4) is 0 Å². The van der Waals surface area contributed by atoms with E-state index in [2.05, 4.69) is 5.32 Å². The van der Waals surface area contributed by atoms with Gasteiger partial charge in [-0.1, -0.05) is 24.3 Å². The highest BCUT2D eigenvalue weighted by Crippen LogP contribution is 2.41. The van der Waals surface area contributed by atoms with Gasteiger partial charge in [0.15, 0.2) is 0 Å². The molecule has 0 radical (unpaired) electrons. The van der Waals surface area contributed by atoms with E-state index in [4.69, 9.17) is 4.74 Å². The molecule has 3 rings (SSSR count). The van der Waals surface area contributed by atoms with Gasteiger partial charge in [0.2, 0.25) is 0 Å². The van der Waals surface area contributed by atoms with Crippen LogP contribution in [0.2, 0.25) is 0 Å². The Labute approximate surface area is 171 Å². The molecule has 1 aliphatic carbocycles. The van der Waals surface area contributed by atoms with Crippen molar-refractivity contribution in [1.29, 1.82) is 0 Å². The number of benzene rings is 2. The average molecular weight is 427 g/mol. The van der Waals surface area contributed by atoms with Crippen molar-refractivity contribution in [2.45, 2.75) is 37.4 Å². The van der Waals surface area contributed by atoms with Crippen LogP contribution < -0.4 is 5.32 Å². The molecule has 0 bridgehead atoms. The smallest absolute Gasteiger partial charge is 0.419 e. The summed E-state index contributed by atoms with van der Waals surface area (Å²) >= 11 is 0. The zero-order valence-electron chi connectivity index (χ0n) is 16.3. The number of nitrogens with one attached hydrogen (secondary N) is 1. The number of rotatable bonds is 6. The lowest BCUT2D eigenvalue weighted by atomic mass is 9.86. The van der Waals surface area contributed by atoms with Gasteiger partial charge in [0.1, 0.15) is 11.6 Å². The van der Waals surface area contributed by atoms with E-state index in [1.807, 2.05) is 0 Å². The van der Waals surface area contributed by atoms with E-state index < -0.39 is 29.3 Å². The number of carbonyl (C=O) groups excluding carboxylic acids is 1. The summed E-state index contributed by atoms with van der Waals surface area (Å²) in [6.07, 6.45) is -3.50. The lowest BCUT2D eigenvalue weighted by molar-refractivity contribution is -0.145. The summed E-state index contributed by atoms with van der Waals surface area (Å²) in [6, 6.07) is 8.92. The first kappa shape index (κ1) is 22.2. The van der Waals surface area contributed by atoms with Crippen molar-refractivity contribution in [1.82, 2.24) is 5.32 Å². The van der Waals surface area contributed by atoms with Crippen molar-refractivity contribution in [2.75, 3.05) is 13.7 Å². The minimum absolute atomic E-state index is 0.0295. The van der Waals surface area contributed by atoms with Crippen LogP contribution in [-0.2, 0) is 22.1 Å². The molecule has 1 N–H and O–H groups in total. The minimum Gasteiger partial charge on any atom is -0.469 e. The van der Waals surface area contributed by atoms with Gasteiger partial charge in [-0.3, -0.25) is 4.79 Å². The molecule has 2 aromatic rings. The van der Waals surface area contributed by atoms with Crippen LogP contribution in [0.15, 0.2) is 42.5 Å². The molecule has 30 heavy (non-hydrogen) atoms. The first-order chi connectivity index (χ1) is 14.2. The number of carbonyl (C=O) groups is 1. The quantitative estimate of drug-likeness (QED) is 0.529. The number of esters is 1. The summed E-state index contributed by atoms with van der Waals surface area (Å²) in [5.41, 5.74) is -0.541. The van der Waals surface area contributed by atoms with Gasteiger partial charge in [-0.15, -0.1) is 0 Å². The van der Waals surface area contributed by atoms with E-state index in [1.165, 1.54) is 31.4 Å². The molecule has 0 aromatic heterocycles. The molecule has 0 spiro atoms. The molecular weight excluding hydrogens is 405 g/mol. The van der Waals surface area contributed by atoms with Crippen LogP contribution in [0.4, 0.5) is 22.0 Å². The first-order valence-electron chi connectivity index (χ1n) is 9.63. The zero-order chi connectivity index (χ0) is 21.9. The van der Waals surface area contributed by atoms with E-state index in [0.717, 1.165) is 11.6 Å². The van der Waals surface area contributed by atoms with Crippen molar-refractivity contribution >= 4 is 5.97 Å². The van der Waals surface area contributed by atoms with Gasteiger partial charge in [-0.2, -0.15) is 13.2 Å². The Balaban J connectivity index is 1.72. The summed E-state index contributed by atoms with van der Waals surface area (Å²) in [4.78, 5) is 12.2. The SMILES string of the molecule is COC(=O)[C@H]1CC[C@H](NCCc2cccc(C(F)(F)F)c2F)[C@@H]1c1ccc(F)cc1. The number of methoxy groups -OCH3 is 1. The largest absolute Gasteiger partial charge is 0.469 e. The van der Waals surface area contributed by atoms with Crippen molar-refractivity contribution in [2.24, 2.45) is 5.92 Å². The van der Waals surface area contributed by atoms with Crippen LogP contribution in [0.5, 0.6) is 0 Å². The molecule has 1 saturated carbocycles. The topological polar surface area (TPSA) is 38.3 Å². The molecule has 1 aliphatic rings. The standard InChI is InChI=1S/C22H22F5NO2/c1-30-21(29)16-9-10-18(19(16)13-5-7-15(23)8-6-13)28-12-11-14-3-2-4-17(20(14)24)22(25,26)27/h2-8,16,18-19,28H,9-12H2,1H3/t16-,18-,19+/m0/s1. The lowest BCUT2D eigenvalue weighted by Crippen LogP contribution is -2.36. The van der Waals surface area contributed by atoms with Crippen molar-refractivity contribution in [3.05, 3.63) is 70.8 Å². The minimum atomic E-state index is -4.75. The molecule has 0 saturated heterocycles. The maximum atomic E-state index is 14.2. The predicted molar refractivity (Wildman–Crippen MR) is 101 cm³/mol. The van der Waals surface area contributed by atoms with E-state index in [9.17, 15) is 26.7 Å². The lowest BCUT2D eigenvalue weighted by Gasteiger charge is -2.25. The van der Waals surface area contributed by atoms with Crippen LogP contribution >= 0.6 is 0 Å². The van der Waals surface area contributed by atoms with E-state index >= 15 is 0 Å². The summed E-state index contributed by atoms with van der Waals surface area (Å²) in [5.74, 6) is -2.71. The average Bonchev–Trinajstić information content (AvgIpc) is 3.12. The number of hydrogen-bond acceptors (Lipinski definition) is 3. The van der Waals surface area contributed by atoms with Crippen molar-refractivity contribution < 1.29 is 31.5 Å². The zero-order valence-corrected chi connectivity index (χ0v) is 16.3. The molecular formula is C22H22F5NO2. The van der Waals surface area contributed by atoms with Gasteiger partial charge in [0.05, 0.1) is 18.6 Å². The van der Waals surface area contributed by atoms with Gasteiger partial charge in [0, 0.05) is 12.0 Å². The fraction of sp³-hybridized carbons (Fsp3) is 0.409. The second-order valence-electron chi connectivity index (χ2n) is 7.37. The maximum absolute atomic E-state index is 14.2. The van der Waals surface area contributed by atoms with Gasteiger partial charge in [0.25, 0.3) is 0 Å². The van der Waals surface area contributed by atoms with Gasteiger partial charge >= 0.3 is 12.1 Å². The number of hydrogen-bond donors (Lipinski definition) is 1. The molecule has 3 nitrogen and oxygen atoms in total. The maximum Gasteiger partial charge on any atom is 0.419 e. The Morgan fingerprint density at radius 2 is 1.80 bits per heavy atom. The number of halogens is 5. The van der Waals surface area contributed by atoms with E-state index in [0.29, 0.717) is 12.8 Å². The van der Waals surface area contributed by atoms with E-state index in [-0.39, 0.29) is 36.5 Å². The third-order valence-electron chi connectivity index (χ3n) is 5.60. The highest BCUT2D eigenvalue weighted by Gasteiger charge is 2.41. The first-order valence-corrected chi connectivity index (χ1v) is 9.63. The normalized spacial score (nSPS) is 21.6. The fourth-order valence-electron chi connectivity index (χ4n) is 4.18. The highest BCUT2D eigenvalue weighted by atomic mass is 19.4. The van der Waals surface area contributed by atoms with Gasteiger partial charge in [-0.25, -0.2) is 8.78 Å². The molecule has 0 unspecified atom stereocenters. The Bertz CT molecular complexity index is 882. The Morgan fingerprint density at radius 3 is 2.43 bits per heavy atom. The Hall–Kier alpha value is -2.48. The molecule has 0 amide bonds. The molecule has 3 atom stereocenters. The summed E-state index contributed by atoms with van der Waals surface area (Å²) < 4.78 is 71.1. The second-order valence-corrected chi connectivity index (χ2v) is 7.37. The number of ether oxygens (including phenoxy) is 1. The Kier molecular flexibility index (Phi) is 6.75. The van der Waals surface area contributed by atoms with Gasteiger partial charge < -0.3 is 10.1 Å². The van der Waals surface area contributed by atoms with Gasteiger partial charge in [-0.05, 0) is 55.1 Å². The third-order valence-corrected chi connectivity index (χ3v) is 5.60. The monoisotopic (exact) mass is 427 g/mol. The van der Waals surface area contributed by atoms with Crippen LogP contribution in [-0.4, -0.2) is 25.7 Å². The summed E-state index contributed by atoms with van der Waals surface area (Å²) in [5, 5.41) is 3.24. The molecule has 8 heteroatoms. The fourth-order valence-corrected chi connectivity index (χ4v) is 4.18. The molecule has 0 aliphatic heterocycles. The predicted octanol–water partition coefficient (Wildman–Crippen LogP) is 4.85. The Morgan fingerprint density at radius 1 is 1.10 bits per heavy atom. The van der Waals surface area contributed by atoms with Crippen LogP contribution in [0.3, 0.4) is 0 Å².